The van der Waals surface area contributed by atoms with Gasteiger partial charge in [-0.3, -0.25) is 19.2 Å². The topological polar surface area (TPSA) is 224 Å². The number of H-pyrrole nitrogens is 1. The number of aromatic nitrogens is 1. The maximum absolute atomic E-state index is 13.5. The highest BCUT2D eigenvalue weighted by atomic mass is 32.1. The molecule has 4 unspecified atom stereocenters. The molecular weight excluding hydrogens is 566 g/mol. The van der Waals surface area contributed by atoms with E-state index in [0.29, 0.717) is 11.1 Å². The van der Waals surface area contributed by atoms with Crippen molar-refractivity contribution in [1.82, 2.24) is 20.9 Å². The number of aromatic amines is 1. The van der Waals surface area contributed by atoms with Gasteiger partial charge in [0, 0.05) is 42.1 Å². The Kier molecular flexibility index (Phi) is 11.3. The number of thiol groups is 1. The Balaban J connectivity index is 1.82. The van der Waals surface area contributed by atoms with E-state index in [1.54, 1.807) is 6.20 Å². The SMILES string of the molecule is NC(CS)C(=O)NC(Cc1c[nH]c2ccccc12)C(=O)NC(CCC(=O)O)C(=O)NC(Cc1ccc(O)cc1)C(=O)O. The summed E-state index contributed by atoms with van der Waals surface area (Å²) in [5.41, 5.74) is 7.79. The fraction of sp³-hybridized carbons (Fsp3) is 0.321. The van der Waals surface area contributed by atoms with Crippen LogP contribution in [-0.2, 0) is 36.8 Å². The van der Waals surface area contributed by atoms with E-state index >= 15 is 0 Å². The molecule has 0 saturated heterocycles. The van der Waals surface area contributed by atoms with E-state index in [1.807, 2.05) is 24.3 Å². The van der Waals surface area contributed by atoms with Gasteiger partial charge < -0.3 is 42.0 Å². The molecule has 224 valence electrons. The Morgan fingerprint density at radius 2 is 1.45 bits per heavy atom. The lowest BCUT2D eigenvalue weighted by Crippen LogP contribution is -2.58. The predicted octanol–water partition coefficient (Wildman–Crippen LogP) is 0.320. The van der Waals surface area contributed by atoms with Crippen LogP contribution in [0, 0.1) is 0 Å². The third-order valence-corrected chi connectivity index (χ3v) is 6.93. The van der Waals surface area contributed by atoms with Crippen LogP contribution in [0.1, 0.15) is 24.0 Å². The van der Waals surface area contributed by atoms with Crippen molar-refractivity contribution in [2.75, 3.05) is 5.75 Å². The number of carboxylic acids is 2. The first-order valence-electron chi connectivity index (χ1n) is 13.0. The molecular formula is C28H33N5O8S. The van der Waals surface area contributed by atoms with Crippen LogP contribution in [0.3, 0.4) is 0 Å². The van der Waals surface area contributed by atoms with Crippen LogP contribution in [0.2, 0.25) is 0 Å². The molecule has 3 aromatic rings. The zero-order valence-electron chi connectivity index (χ0n) is 22.4. The highest BCUT2D eigenvalue weighted by Gasteiger charge is 2.31. The summed E-state index contributed by atoms with van der Waals surface area (Å²) in [5.74, 6) is -4.97. The number of para-hydroxylation sites is 1. The number of nitrogens with one attached hydrogen (secondary N) is 4. The van der Waals surface area contributed by atoms with E-state index in [2.05, 4.69) is 33.6 Å². The molecule has 0 saturated carbocycles. The Labute approximate surface area is 246 Å². The maximum atomic E-state index is 13.5. The zero-order valence-corrected chi connectivity index (χ0v) is 23.3. The average Bonchev–Trinajstić information content (AvgIpc) is 3.37. The molecule has 3 rings (SSSR count). The van der Waals surface area contributed by atoms with E-state index < -0.39 is 60.2 Å². The molecule has 0 spiro atoms. The second-order valence-corrected chi connectivity index (χ2v) is 10.0. The summed E-state index contributed by atoms with van der Waals surface area (Å²) in [5, 5.41) is 36.6. The third kappa shape index (κ3) is 8.97. The third-order valence-electron chi connectivity index (χ3n) is 6.54. The number of carboxylic acid groups (broad SMARTS) is 2. The molecule has 13 nitrogen and oxygen atoms in total. The smallest absolute Gasteiger partial charge is 0.326 e. The van der Waals surface area contributed by atoms with Gasteiger partial charge in [-0.1, -0.05) is 30.3 Å². The molecule has 9 N–H and O–H groups in total. The summed E-state index contributed by atoms with van der Waals surface area (Å²) in [6.07, 6.45) is 0.708. The number of nitrogens with two attached hydrogens (primary N) is 1. The monoisotopic (exact) mass is 599 g/mol. The lowest BCUT2D eigenvalue weighted by atomic mass is 10.0. The summed E-state index contributed by atoms with van der Waals surface area (Å²) in [4.78, 5) is 65.6. The Morgan fingerprint density at radius 3 is 2.10 bits per heavy atom. The molecule has 2 aromatic carbocycles. The van der Waals surface area contributed by atoms with Crippen LogP contribution < -0.4 is 21.7 Å². The minimum Gasteiger partial charge on any atom is -0.508 e. The summed E-state index contributed by atoms with van der Waals surface area (Å²) in [7, 11) is 0. The maximum Gasteiger partial charge on any atom is 0.326 e. The van der Waals surface area contributed by atoms with Crippen molar-refractivity contribution in [2.24, 2.45) is 5.73 Å². The molecule has 1 heterocycles. The number of hydrogen-bond acceptors (Lipinski definition) is 8. The molecule has 0 radical (unpaired) electrons. The number of carbonyl (C=O) groups excluding carboxylic acids is 3. The highest BCUT2D eigenvalue weighted by molar-refractivity contribution is 7.80. The number of phenolic OH excluding ortho intramolecular Hbond substituents is 1. The summed E-state index contributed by atoms with van der Waals surface area (Å²) in [6, 6.07) is 7.96. The van der Waals surface area contributed by atoms with Crippen molar-refractivity contribution in [3.05, 3.63) is 65.9 Å². The first-order valence-corrected chi connectivity index (χ1v) is 13.7. The fourth-order valence-electron chi connectivity index (χ4n) is 4.24. The minimum absolute atomic E-state index is 0.00670. The van der Waals surface area contributed by atoms with E-state index in [0.717, 1.165) is 10.9 Å². The summed E-state index contributed by atoms with van der Waals surface area (Å²) >= 11 is 4.02. The number of carbonyl (C=O) groups is 5. The molecule has 3 amide bonds. The highest BCUT2D eigenvalue weighted by Crippen LogP contribution is 2.19. The zero-order chi connectivity index (χ0) is 30.8. The van der Waals surface area contributed by atoms with Gasteiger partial charge in [0.05, 0.1) is 6.04 Å². The number of fused-ring (bicyclic) bond motifs is 1. The van der Waals surface area contributed by atoms with Gasteiger partial charge in [-0.15, -0.1) is 0 Å². The van der Waals surface area contributed by atoms with Gasteiger partial charge in [0.15, 0.2) is 0 Å². The molecule has 1 aromatic heterocycles. The quantitative estimate of drug-likeness (QED) is 0.110. The summed E-state index contributed by atoms with van der Waals surface area (Å²) < 4.78 is 0. The Bertz CT molecular complexity index is 1430. The lowest BCUT2D eigenvalue weighted by molar-refractivity contribution is -0.143. The number of hydrogen-bond donors (Lipinski definition) is 9. The fourth-order valence-corrected chi connectivity index (χ4v) is 4.41. The van der Waals surface area contributed by atoms with Crippen molar-refractivity contribution in [2.45, 2.75) is 49.9 Å². The van der Waals surface area contributed by atoms with Crippen molar-refractivity contribution >= 4 is 53.2 Å². The average molecular weight is 600 g/mol. The van der Waals surface area contributed by atoms with Crippen LogP contribution in [0.25, 0.3) is 10.9 Å². The minimum atomic E-state index is -1.43. The van der Waals surface area contributed by atoms with Crippen molar-refractivity contribution in [3.63, 3.8) is 0 Å². The molecule has 0 aliphatic carbocycles. The number of amides is 3. The number of rotatable bonds is 15. The van der Waals surface area contributed by atoms with Gasteiger partial charge in [0.1, 0.15) is 23.9 Å². The van der Waals surface area contributed by atoms with E-state index in [9.17, 15) is 39.3 Å². The van der Waals surface area contributed by atoms with E-state index in [4.69, 9.17) is 5.73 Å². The van der Waals surface area contributed by atoms with Gasteiger partial charge in [0.2, 0.25) is 17.7 Å². The normalized spacial score (nSPS) is 13.9. The molecule has 4 atom stereocenters. The van der Waals surface area contributed by atoms with Gasteiger partial charge >= 0.3 is 11.9 Å². The summed E-state index contributed by atoms with van der Waals surface area (Å²) in [6.45, 7) is 0. The van der Waals surface area contributed by atoms with Crippen LogP contribution >= 0.6 is 12.6 Å². The van der Waals surface area contributed by atoms with E-state index in [-0.39, 0.29) is 30.8 Å². The largest absolute Gasteiger partial charge is 0.508 e. The second kappa shape index (κ2) is 14.9. The van der Waals surface area contributed by atoms with Crippen LogP contribution in [0.15, 0.2) is 54.7 Å². The molecule has 42 heavy (non-hydrogen) atoms. The van der Waals surface area contributed by atoms with Gasteiger partial charge in [-0.05, 0) is 35.7 Å². The van der Waals surface area contributed by atoms with Crippen molar-refractivity contribution in [1.29, 1.82) is 0 Å². The standard InChI is InChI=1S/C28H33N5O8S/c29-19(14-42)25(37)32-22(12-16-13-30-20-4-2-1-3-18(16)20)27(39)31-21(9-10-24(35)36)26(38)33-23(28(40)41)11-15-5-7-17(34)8-6-15/h1-8,13,19,21-23,30,34,42H,9-12,14,29H2,(H,31,39)(H,32,37)(H,33,38)(H,35,36)(H,40,41). The van der Waals surface area contributed by atoms with Crippen LogP contribution in [0.4, 0.5) is 0 Å². The number of aromatic hydroxyl groups is 1. The number of phenols is 1. The molecule has 14 heteroatoms. The Morgan fingerprint density at radius 1 is 0.833 bits per heavy atom. The van der Waals surface area contributed by atoms with Crippen LogP contribution in [0.5, 0.6) is 5.75 Å². The molecule has 0 bridgehead atoms. The van der Waals surface area contributed by atoms with Crippen molar-refractivity contribution < 1.29 is 39.3 Å². The van der Waals surface area contributed by atoms with E-state index in [1.165, 1.54) is 24.3 Å². The number of aliphatic carboxylic acids is 2. The van der Waals surface area contributed by atoms with Gasteiger partial charge in [-0.2, -0.15) is 12.6 Å². The van der Waals surface area contributed by atoms with Crippen molar-refractivity contribution in [3.8, 4) is 5.75 Å². The first-order chi connectivity index (χ1) is 20.0. The van der Waals surface area contributed by atoms with Crippen LogP contribution in [-0.4, -0.2) is 79.9 Å². The molecule has 0 fully saturated rings. The lowest BCUT2D eigenvalue weighted by Gasteiger charge is -2.25. The molecule has 0 aliphatic heterocycles. The first kappa shape index (κ1) is 32.0. The molecule has 0 aliphatic rings. The Hall–Kier alpha value is -4.56. The van der Waals surface area contributed by atoms with Gasteiger partial charge in [-0.25, -0.2) is 4.79 Å². The predicted molar refractivity (Wildman–Crippen MR) is 156 cm³/mol. The number of benzene rings is 2. The second-order valence-electron chi connectivity index (χ2n) is 9.68. The van der Waals surface area contributed by atoms with Gasteiger partial charge in [0.25, 0.3) is 0 Å².